The highest BCUT2D eigenvalue weighted by atomic mass is 79.9. The van der Waals surface area contributed by atoms with Gasteiger partial charge in [-0.1, -0.05) is 56.1 Å². The summed E-state index contributed by atoms with van der Waals surface area (Å²) < 4.78 is 6.31. The molecule has 1 aromatic carbocycles. The standard InChI is InChI=1S/C15H19BrO2S2/c16-13-7-5-12(6-8-13)11-18-15(17)4-2-1-3-14-9-10-19-20-14/h5-8,14H,1-4,9-11H2. The molecule has 20 heavy (non-hydrogen) atoms. The fourth-order valence-electron chi connectivity index (χ4n) is 2.02. The summed E-state index contributed by atoms with van der Waals surface area (Å²) in [7, 11) is 3.98. The third-order valence-electron chi connectivity index (χ3n) is 3.20. The van der Waals surface area contributed by atoms with Gasteiger partial charge in [0.2, 0.25) is 0 Å². The average Bonchev–Trinajstić information content (AvgIpc) is 2.96. The van der Waals surface area contributed by atoms with E-state index in [1.807, 2.05) is 45.9 Å². The lowest BCUT2D eigenvalue weighted by Crippen LogP contribution is -2.05. The van der Waals surface area contributed by atoms with E-state index >= 15 is 0 Å². The Balaban J connectivity index is 1.54. The molecule has 0 spiro atoms. The Morgan fingerprint density at radius 1 is 1.30 bits per heavy atom. The van der Waals surface area contributed by atoms with E-state index in [4.69, 9.17) is 4.74 Å². The predicted octanol–water partition coefficient (Wildman–Crippen LogP) is 5.21. The molecular formula is C15H19BrO2S2. The Labute approximate surface area is 136 Å². The van der Waals surface area contributed by atoms with Gasteiger partial charge >= 0.3 is 5.97 Å². The molecule has 0 aliphatic carbocycles. The first-order valence-electron chi connectivity index (χ1n) is 6.92. The highest BCUT2D eigenvalue weighted by Crippen LogP contribution is 2.39. The van der Waals surface area contributed by atoms with Gasteiger partial charge in [0.15, 0.2) is 0 Å². The van der Waals surface area contributed by atoms with Crippen molar-refractivity contribution in [1.29, 1.82) is 0 Å². The largest absolute Gasteiger partial charge is 0.461 e. The molecular weight excluding hydrogens is 356 g/mol. The molecule has 0 N–H and O–H groups in total. The lowest BCUT2D eigenvalue weighted by Gasteiger charge is -2.07. The maximum absolute atomic E-state index is 11.6. The van der Waals surface area contributed by atoms with E-state index in [0.717, 1.165) is 28.1 Å². The third kappa shape index (κ3) is 6.10. The van der Waals surface area contributed by atoms with Gasteiger partial charge in [0.25, 0.3) is 0 Å². The number of benzene rings is 1. The van der Waals surface area contributed by atoms with Crippen molar-refractivity contribution in [2.75, 3.05) is 5.75 Å². The highest BCUT2D eigenvalue weighted by molar-refractivity contribution is 9.10. The molecule has 1 aromatic rings. The third-order valence-corrected chi connectivity index (χ3v) is 6.73. The first-order valence-corrected chi connectivity index (χ1v) is 10.1. The molecule has 0 aromatic heterocycles. The van der Waals surface area contributed by atoms with Crippen molar-refractivity contribution in [2.24, 2.45) is 0 Å². The van der Waals surface area contributed by atoms with Crippen LogP contribution < -0.4 is 0 Å². The Morgan fingerprint density at radius 2 is 2.10 bits per heavy atom. The van der Waals surface area contributed by atoms with Crippen molar-refractivity contribution in [3.05, 3.63) is 34.3 Å². The number of rotatable bonds is 7. The van der Waals surface area contributed by atoms with Crippen LogP contribution in [0.5, 0.6) is 0 Å². The molecule has 2 nitrogen and oxygen atoms in total. The van der Waals surface area contributed by atoms with Crippen LogP contribution in [-0.2, 0) is 16.1 Å². The summed E-state index contributed by atoms with van der Waals surface area (Å²) in [4.78, 5) is 11.6. The van der Waals surface area contributed by atoms with Gasteiger partial charge in [-0.25, -0.2) is 0 Å². The van der Waals surface area contributed by atoms with Crippen molar-refractivity contribution < 1.29 is 9.53 Å². The Hall–Kier alpha value is -0.130. The molecule has 110 valence electrons. The lowest BCUT2D eigenvalue weighted by molar-refractivity contribution is -0.145. The minimum Gasteiger partial charge on any atom is -0.461 e. The van der Waals surface area contributed by atoms with Crippen molar-refractivity contribution in [3.63, 3.8) is 0 Å². The average molecular weight is 375 g/mol. The number of unbranched alkanes of at least 4 members (excludes halogenated alkanes) is 1. The van der Waals surface area contributed by atoms with E-state index in [0.29, 0.717) is 13.0 Å². The van der Waals surface area contributed by atoms with Crippen LogP contribution >= 0.6 is 37.5 Å². The molecule has 1 fully saturated rings. The van der Waals surface area contributed by atoms with Gasteiger partial charge in [0, 0.05) is 21.9 Å². The van der Waals surface area contributed by atoms with Crippen LogP contribution in [-0.4, -0.2) is 17.0 Å². The fourth-order valence-corrected chi connectivity index (χ4v) is 5.31. The quantitative estimate of drug-likeness (QED) is 0.371. The second-order valence-electron chi connectivity index (χ2n) is 4.86. The minimum absolute atomic E-state index is 0.0821. The van der Waals surface area contributed by atoms with Crippen LogP contribution in [0.1, 0.15) is 37.7 Å². The summed E-state index contributed by atoms with van der Waals surface area (Å²) >= 11 is 3.38. The molecule has 5 heteroatoms. The summed E-state index contributed by atoms with van der Waals surface area (Å²) in [5.41, 5.74) is 1.03. The molecule has 0 amide bonds. The number of ether oxygens (including phenoxy) is 1. The molecule has 0 bridgehead atoms. The Bertz CT molecular complexity index is 416. The van der Waals surface area contributed by atoms with Gasteiger partial charge in [-0.2, -0.15) is 0 Å². The number of halogens is 1. The van der Waals surface area contributed by atoms with Crippen molar-refractivity contribution >= 4 is 43.5 Å². The van der Waals surface area contributed by atoms with Crippen LogP contribution in [0.2, 0.25) is 0 Å². The molecule has 1 unspecified atom stereocenters. The Kier molecular flexibility index (Phi) is 7.31. The zero-order valence-corrected chi connectivity index (χ0v) is 14.6. The molecule has 1 aliphatic heterocycles. The van der Waals surface area contributed by atoms with Gasteiger partial charge in [-0.15, -0.1) is 0 Å². The topological polar surface area (TPSA) is 26.3 Å². The summed E-state index contributed by atoms with van der Waals surface area (Å²) in [5.74, 6) is 1.20. The molecule has 0 saturated carbocycles. The van der Waals surface area contributed by atoms with Gasteiger partial charge < -0.3 is 4.74 Å². The van der Waals surface area contributed by atoms with E-state index in [2.05, 4.69) is 15.9 Å². The molecule has 1 heterocycles. The maximum Gasteiger partial charge on any atom is 0.306 e. The van der Waals surface area contributed by atoms with Gasteiger partial charge in [0.05, 0.1) is 0 Å². The summed E-state index contributed by atoms with van der Waals surface area (Å²) in [6.07, 6.45) is 5.18. The second kappa shape index (κ2) is 9.00. The van der Waals surface area contributed by atoms with E-state index in [9.17, 15) is 4.79 Å². The summed E-state index contributed by atoms with van der Waals surface area (Å²) in [6, 6.07) is 7.85. The first kappa shape index (κ1) is 16.2. The number of hydrogen-bond acceptors (Lipinski definition) is 4. The number of carbonyl (C=O) groups is 1. The van der Waals surface area contributed by atoms with E-state index in [1.165, 1.54) is 18.6 Å². The van der Waals surface area contributed by atoms with Crippen LogP contribution in [0.15, 0.2) is 28.7 Å². The van der Waals surface area contributed by atoms with Crippen LogP contribution in [0, 0.1) is 0 Å². The zero-order valence-electron chi connectivity index (χ0n) is 11.3. The molecule has 1 atom stereocenters. The molecule has 1 aliphatic rings. The van der Waals surface area contributed by atoms with E-state index < -0.39 is 0 Å². The van der Waals surface area contributed by atoms with Crippen LogP contribution in [0.25, 0.3) is 0 Å². The lowest BCUT2D eigenvalue weighted by atomic mass is 10.1. The SMILES string of the molecule is O=C(CCCCC1CCSS1)OCc1ccc(Br)cc1. The van der Waals surface area contributed by atoms with Crippen LogP contribution in [0.4, 0.5) is 0 Å². The van der Waals surface area contributed by atoms with Crippen molar-refractivity contribution in [1.82, 2.24) is 0 Å². The molecule has 0 radical (unpaired) electrons. The molecule has 1 saturated heterocycles. The molecule has 2 rings (SSSR count). The zero-order chi connectivity index (χ0) is 14.2. The predicted molar refractivity (Wildman–Crippen MR) is 90.9 cm³/mol. The maximum atomic E-state index is 11.6. The van der Waals surface area contributed by atoms with Gasteiger partial charge in [0.1, 0.15) is 6.61 Å². The monoisotopic (exact) mass is 374 g/mol. The summed E-state index contributed by atoms with van der Waals surface area (Å²) in [6.45, 7) is 0.376. The fraction of sp³-hybridized carbons (Fsp3) is 0.533. The smallest absolute Gasteiger partial charge is 0.306 e. The summed E-state index contributed by atoms with van der Waals surface area (Å²) in [5, 5.41) is 0.804. The van der Waals surface area contributed by atoms with Crippen molar-refractivity contribution in [2.45, 2.75) is 44.0 Å². The minimum atomic E-state index is -0.0821. The second-order valence-corrected chi connectivity index (χ2v) is 8.57. The first-order chi connectivity index (χ1) is 9.74. The van der Waals surface area contributed by atoms with Crippen LogP contribution in [0.3, 0.4) is 0 Å². The van der Waals surface area contributed by atoms with Gasteiger partial charge in [-0.05, 0) is 37.0 Å². The normalized spacial score (nSPS) is 18.1. The van der Waals surface area contributed by atoms with E-state index in [1.54, 1.807) is 0 Å². The van der Waals surface area contributed by atoms with Gasteiger partial charge in [-0.3, -0.25) is 4.79 Å². The highest BCUT2D eigenvalue weighted by Gasteiger charge is 2.15. The number of esters is 1. The number of hydrogen-bond donors (Lipinski definition) is 0. The van der Waals surface area contributed by atoms with E-state index in [-0.39, 0.29) is 5.97 Å². The number of carbonyl (C=O) groups excluding carboxylic acids is 1. The van der Waals surface area contributed by atoms with Crippen molar-refractivity contribution in [3.8, 4) is 0 Å². The Morgan fingerprint density at radius 3 is 2.80 bits per heavy atom.